The van der Waals surface area contributed by atoms with Crippen LogP contribution < -0.4 is 10.1 Å². The smallest absolute Gasteiger partial charge is 0.422 e. The molecule has 1 atom stereocenters. The summed E-state index contributed by atoms with van der Waals surface area (Å²) in [6, 6.07) is 9.43. The first-order valence-electron chi connectivity index (χ1n) is 7.72. The number of carbonyl (C=O) groups is 1. The van der Waals surface area contributed by atoms with Gasteiger partial charge in [-0.2, -0.15) is 18.3 Å². The molecule has 6 nitrogen and oxygen atoms in total. The van der Waals surface area contributed by atoms with Crippen LogP contribution in [0.1, 0.15) is 29.1 Å². The van der Waals surface area contributed by atoms with Gasteiger partial charge in [0.2, 0.25) is 0 Å². The molecule has 0 saturated carbocycles. The number of hydrogen-bond acceptors (Lipinski definition) is 4. The Labute approximate surface area is 146 Å². The van der Waals surface area contributed by atoms with Crippen molar-refractivity contribution in [1.82, 2.24) is 19.9 Å². The number of nitrogens with one attached hydrogen (secondary N) is 1. The molecule has 9 heteroatoms. The topological polar surface area (TPSA) is 68.5 Å². The molecule has 3 aromatic heterocycles. The SMILES string of the molecule is CC(NC(=O)c1cccc2ccnn12)c1ccc(OCC(F)(F)F)cn1. The molecule has 0 aromatic carbocycles. The van der Waals surface area contributed by atoms with Gasteiger partial charge in [-0.1, -0.05) is 6.07 Å². The number of aromatic nitrogens is 3. The lowest BCUT2D eigenvalue weighted by Gasteiger charge is -2.15. The van der Waals surface area contributed by atoms with E-state index in [1.54, 1.807) is 31.3 Å². The Morgan fingerprint density at radius 3 is 2.77 bits per heavy atom. The van der Waals surface area contributed by atoms with E-state index in [-0.39, 0.29) is 11.7 Å². The number of rotatable bonds is 5. The maximum Gasteiger partial charge on any atom is 0.422 e. The summed E-state index contributed by atoms with van der Waals surface area (Å²) < 4.78 is 42.5. The molecule has 0 fully saturated rings. The molecule has 0 bridgehead atoms. The number of alkyl halides is 3. The van der Waals surface area contributed by atoms with E-state index in [4.69, 9.17) is 0 Å². The second kappa shape index (κ2) is 7.03. The summed E-state index contributed by atoms with van der Waals surface area (Å²) in [4.78, 5) is 16.5. The number of nitrogens with zero attached hydrogens (tertiary/aromatic N) is 3. The van der Waals surface area contributed by atoms with Crippen LogP contribution in [0.5, 0.6) is 5.75 Å². The van der Waals surface area contributed by atoms with Crippen LogP contribution in [0.3, 0.4) is 0 Å². The van der Waals surface area contributed by atoms with Crippen LogP contribution in [0.15, 0.2) is 48.8 Å². The van der Waals surface area contributed by atoms with Gasteiger partial charge in [0, 0.05) is 0 Å². The van der Waals surface area contributed by atoms with E-state index in [2.05, 4.69) is 20.1 Å². The molecule has 3 rings (SSSR count). The lowest BCUT2D eigenvalue weighted by Crippen LogP contribution is -2.29. The zero-order chi connectivity index (χ0) is 18.7. The molecule has 0 spiro atoms. The molecule has 136 valence electrons. The Hall–Kier alpha value is -3.10. The van der Waals surface area contributed by atoms with Gasteiger partial charge in [-0.25, -0.2) is 4.52 Å². The quantitative estimate of drug-likeness (QED) is 0.755. The van der Waals surface area contributed by atoms with Crippen LogP contribution in [0.25, 0.3) is 5.52 Å². The molecule has 0 aliphatic rings. The minimum Gasteiger partial charge on any atom is -0.483 e. The average Bonchev–Trinajstić information content (AvgIpc) is 3.08. The fraction of sp³-hybridized carbons (Fsp3) is 0.235. The average molecular weight is 364 g/mol. The lowest BCUT2D eigenvalue weighted by molar-refractivity contribution is -0.153. The summed E-state index contributed by atoms with van der Waals surface area (Å²) in [6.45, 7) is 0.341. The van der Waals surface area contributed by atoms with Gasteiger partial charge >= 0.3 is 6.18 Å². The molecule has 3 aromatic rings. The van der Waals surface area contributed by atoms with Crippen molar-refractivity contribution in [3.8, 4) is 5.75 Å². The highest BCUT2D eigenvalue weighted by molar-refractivity contribution is 5.93. The standard InChI is InChI=1S/C17H15F3N4O2/c1-11(14-6-5-13(9-21-14)26-10-17(18,19)20)23-16(25)15-4-2-3-12-7-8-22-24(12)15/h2-9,11H,10H2,1H3,(H,23,25). The molecular formula is C17H15F3N4O2. The van der Waals surface area contributed by atoms with Gasteiger partial charge in [0.25, 0.3) is 5.91 Å². The predicted octanol–water partition coefficient (Wildman–Crippen LogP) is 3.16. The van der Waals surface area contributed by atoms with Gasteiger partial charge in [-0.05, 0) is 37.3 Å². The number of hydrogen-bond donors (Lipinski definition) is 1. The van der Waals surface area contributed by atoms with Crippen molar-refractivity contribution in [1.29, 1.82) is 0 Å². The number of amides is 1. The lowest BCUT2D eigenvalue weighted by atomic mass is 10.2. The van der Waals surface area contributed by atoms with Crippen LogP contribution >= 0.6 is 0 Å². The number of fused-ring (bicyclic) bond motifs is 1. The highest BCUT2D eigenvalue weighted by Gasteiger charge is 2.28. The third-order valence-corrected chi connectivity index (χ3v) is 3.61. The third-order valence-electron chi connectivity index (χ3n) is 3.61. The second-order valence-corrected chi connectivity index (χ2v) is 5.60. The Morgan fingerprint density at radius 2 is 2.08 bits per heavy atom. The maximum absolute atomic E-state index is 12.5. The zero-order valence-electron chi connectivity index (χ0n) is 13.7. The van der Waals surface area contributed by atoms with Gasteiger partial charge < -0.3 is 10.1 Å². The van der Waals surface area contributed by atoms with Crippen molar-refractivity contribution in [2.75, 3.05) is 6.61 Å². The van der Waals surface area contributed by atoms with Crippen molar-refractivity contribution in [2.24, 2.45) is 0 Å². The zero-order valence-corrected chi connectivity index (χ0v) is 13.7. The van der Waals surface area contributed by atoms with Gasteiger partial charge in [0.1, 0.15) is 11.4 Å². The summed E-state index contributed by atoms with van der Waals surface area (Å²) in [7, 11) is 0. The van der Waals surface area contributed by atoms with Crippen molar-refractivity contribution in [3.05, 3.63) is 60.2 Å². The molecular weight excluding hydrogens is 349 g/mol. The van der Waals surface area contributed by atoms with E-state index in [0.717, 1.165) is 5.52 Å². The van der Waals surface area contributed by atoms with E-state index in [9.17, 15) is 18.0 Å². The molecule has 1 N–H and O–H groups in total. The second-order valence-electron chi connectivity index (χ2n) is 5.60. The number of halogens is 3. The predicted molar refractivity (Wildman–Crippen MR) is 86.9 cm³/mol. The van der Waals surface area contributed by atoms with Crippen molar-refractivity contribution >= 4 is 11.4 Å². The Balaban J connectivity index is 1.67. The van der Waals surface area contributed by atoms with Gasteiger partial charge in [0.15, 0.2) is 6.61 Å². The summed E-state index contributed by atoms with van der Waals surface area (Å²) >= 11 is 0. The molecule has 0 aliphatic heterocycles. The summed E-state index contributed by atoms with van der Waals surface area (Å²) in [6.07, 6.45) is -1.62. The fourth-order valence-corrected chi connectivity index (χ4v) is 2.36. The molecule has 0 aliphatic carbocycles. The fourth-order valence-electron chi connectivity index (χ4n) is 2.36. The van der Waals surface area contributed by atoms with Crippen LogP contribution in [0.2, 0.25) is 0 Å². The van der Waals surface area contributed by atoms with Gasteiger partial charge in [-0.3, -0.25) is 9.78 Å². The minimum atomic E-state index is -4.41. The number of ether oxygens (including phenoxy) is 1. The summed E-state index contributed by atoms with van der Waals surface area (Å²) in [5.74, 6) is -0.336. The normalized spacial score (nSPS) is 12.8. The van der Waals surface area contributed by atoms with Crippen LogP contribution in [0, 0.1) is 0 Å². The van der Waals surface area contributed by atoms with E-state index in [0.29, 0.717) is 11.4 Å². The Kier molecular flexibility index (Phi) is 4.79. The maximum atomic E-state index is 12.5. The number of pyridine rings is 2. The molecule has 1 unspecified atom stereocenters. The van der Waals surface area contributed by atoms with Crippen LogP contribution in [-0.2, 0) is 0 Å². The van der Waals surface area contributed by atoms with E-state index in [1.165, 1.54) is 22.8 Å². The molecule has 3 heterocycles. The monoisotopic (exact) mass is 364 g/mol. The van der Waals surface area contributed by atoms with Gasteiger partial charge in [0.05, 0.1) is 29.6 Å². The first kappa shape index (κ1) is 17.7. The van der Waals surface area contributed by atoms with E-state index < -0.39 is 18.8 Å². The largest absolute Gasteiger partial charge is 0.483 e. The van der Waals surface area contributed by atoms with E-state index in [1.807, 2.05) is 6.07 Å². The first-order chi connectivity index (χ1) is 12.3. The summed E-state index contributed by atoms with van der Waals surface area (Å²) in [5, 5.41) is 6.89. The molecule has 0 saturated heterocycles. The minimum absolute atomic E-state index is 0.00547. The Morgan fingerprint density at radius 1 is 1.27 bits per heavy atom. The van der Waals surface area contributed by atoms with Crippen LogP contribution in [0.4, 0.5) is 13.2 Å². The molecule has 1 amide bonds. The van der Waals surface area contributed by atoms with Crippen LogP contribution in [-0.4, -0.2) is 33.3 Å². The van der Waals surface area contributed by atoms with Crippen molar-refractivity contribution < 1.29 is 22.7 Å². The number of carbonyl (C=O) groups excluding carboxylic acids is 1. The van der Waals surface area contributed by atoms with Crippen molar-refractivity contribution in [3.63, 3.8) is 0 Å². The Bertz CT molecular complexity index is 906. The highest BCUT2D eigenvalue weighted by atomic mass is 19.4. The summed E-state index contributed by atoms with van der Waals surface area (Å²) in [5.41, 5.74) is 1.64. The van der Waals surface area contributed by atoms with Gasteiger partial charge in [-0.15, -0.1) is 0 Å². The van der Waals surface area contributed by atoms with Crippen molar-refractivity contribution in [2.45, 2.75) is 19.1 Å². The highest BCUT2D eigenvalue weighted by Crippen LogP contribution is 2.19. The molecule has 0 radical (unpaired) electrons. The third kappa shape index (κ3) is 4.11. The first-order valence-corrected chi connectivity index (χ1v) is 7.72. The van der Waals surface area contributed by atoms with E-state index >= 15 is 0 Å². The molecule has 26 heavy (non-hydrogen) atoms.